The number of phenols is 1. The molecule has 0 amide bonds. The number of benzene rings is 2. The molecule has 0 saturated carbocycles. The zero-order valence-electron chi connectivity index (χ0n) is 18.9. The van der Waals surface area contributed by atoms with Crippen molar-refractivity contribution in [3.8, 4) is 45.8 Å². The Balaban J connectivity index is 2.29. The average Bonchev–Trinajstić information content (AvgIpc) is 2.81. The molecule has 0 spiro atoms. The molecule has 1 aromatic heterocycles. The van der Waals surface area contributed by atoms with Gasteiger partial charge in [-0.25, -0.2) is 0 Å². The van der Waals surface area contributed by atoms with E-state index in [0.717, 1.165) is 19.3 Å². The van der Waals surface area contributed by atoms with Gasteiger partial charge in [0.05, 0.1) is 35.0 Å². The highest BCUT2D eigenvalue weighted by molar-refractivity contribution is 5.93. The molecule has 8 nitrogen and oxygen atoms in total. The molecule has 1 N–H and O–H groups in total. The van der Waals surface area contributed by atoms with Gasteiger partial charge in [0.15, 0.2) is 28.6 Å². The first-order chi connectivity index (χ1) is 15.5. The van der Waals surface area contributed by atoms with Crippen LogP contribution in [-0.4, -0.2) is 40.2 Å². The van der Waals surface area contributed by atoms with Gasteiger partial charge in [-0.1, -0.05) is 19.8 Å². The van der Waals surface area contributed by atoms with Crippen molar-refractivity contribution in [2.75, 3.05) is 35.0 Å². The number of hydrogen-bond acceptors (Lipinski definition) is 8. The summed E-state index contributed by atoms with van der Waals surface area (Å²) < 4.78 is 33.7. The van der Waals surface area contributed by atoms with Crippen LogP contribution in [0.25, 0.3) is 22.3 Å². The van der Waals surface area contributed by atoms with Crippen molar-refractivity contribution < 1.29 is 33.2 Å². The topological polar surface area (TPSA) is 96.6 Å². The molecular weight excluding hydrogens is 416 g/mol. The van der Waals surface area contributed by atoms with E-state index >= 15 is 0 Å². The zero-order chi connectivity index (χ0) is 23.3. The molecule has 3 aromatic rings. The van der Waals surface area contributed by atoms with E-state index in [1.807, 2.05) is 0 Å². The monoisotopic (exact) mass is 444 g/mol. The van der Waals surface area contributed by atoms with Crippen LogP contribution >= 0.6 is 0 Å². The Morgan fingerprint density at radius 2 is 1.59 bits per heavy atom. The summed E-state index contributed by atoms with van der Waals surface area (Å²) in [6, 6.07) is 6.21. The molecule has 0 aliphatic carbocycles. The summed E-state index contributed by atoms with van der Waals surface area (Å²) in [5.74, 6) is 1.31. The van der Waals surface area contributed by atoms with Crippen molar-refractivity contribution in [2.24, 2.45) is 0 Å². The summed E-state index contributed by atoms with van der Waals surface area (Å²) in [4.78, 5) is 13.4. The molecule has 0 unspecified atom stereocenters. The number of unbranched alkanes of at least 4 members (excludes halogenated alkanes) is 2. The summed E-state index contributed by atoms with van der Waals surface area (Å²) in [5, 5.41) is 10.1. The smallest absolute Gasteiger partial charge is 0.239 e. The minimum atomic E-state index is -0.427. The zero-order valence-corrected chi connectivity index (χ0v) is 18.9. The standard InChI is InChI=1S/C24H28O8/c1-6-7-8-11-31-18-13-17(28-3)19-20(26)24(30-5)21(32-23(19)22(18)29-4)14-9-10-15(25)16(12-14)27-2/h9-10,12-13,25H,6-8,11H2,1-5H3. The number of phenolic OH excluding ortho intramolecular Hbond substituents is 1. The van der Waals surface area contributed by atoms with Gasteiger partial charge in [0.1, 0.15) is 11.1 Å². The molecule has 32 heavy (non-hydrogen) atoms. The van der Waals surface area contributed by atoms with Crippen molar-refractivity contribution in [1.29, 1.82) is 0 Å². The Bertz CT molecular complexity index is 1150. The molecule has 0 fully saturated rings. The van der Waals surface area contributed by atoms with Crippen molar-refractivity contribution in [2.45, 2.75) is 26.2 Å². The van der Waals surface area contributed by atoms with Gasteiger partial charge in [-0.2, -0.15) is 0 Å². The largest absolute Gasteiger partial charge is 0.504 e. The van der Waals surface area contributed by atoms with E-state index in [0.29, 0.717) is 17.9 Å². The van der Waals surface area contributed by atoms with Crippen LogP contribution in [0.5, 0.6) is 34.5 Å². The summed E-state index contributed by atoms with van der Waals surface area (Å²) in [6.45, 7) is 2.60. The number of fused-ring (bicyclic) bond motifs is 1. The molecule has 172 valence electrons. The number of methoxy groups -OCH3 is 4. The Hall–Kier alpha value is -3.55. The van der Waals surface area contributed by atoms with Gasteiger partial charge in [-0.05, 0) is 24.6 Å². The molecular formula is C24H28O8. The van der Waals surface area contributed by atoms with E-state index in [2.05, 4.69) is 6.92 Å². The van der Waals surface area contributed by atoms with Gasteiger partial charge < -0.3 is 33.2 Å². The van der Waals surface area contributed by atoms with Crippen LogP contribution in [0.15, 0.2) is 33.5 Å². The minimum absolute atomic E-state index is 0.0118. The molecule has 2 aromatic carbocycles. The normalized spacial score (nSPS) is 10.8. The van der Waals surface area contributed by atoms with Crippen molar-refractivity contribution in [3.05, 3.63) is 34.5 Å². The van der Waals surface area contributed by atoms with E-state index in [1.165, 1.54) is 34.5 Å². The van der Waals surface area contributed by atoms with Crippen LogP contribution in [0.2, 0.25) is 0 Å². The summed E-state index contributed by atoms with van der Waals surface area (Å²) in [7, 11) is 5.76. The highest BCUT2D eigenvalue weighted by Gasteiger charge is 2.25. The first kappa shape index (κ1) is 23.1. The SMILES string of the molecule is CCCCCOc1cc(OC)c2c(=O)c(OC)c(-c3ccc(O)c(OC)c3)oc2c1OC. The maximum atomic E-state index is 13.4. The fourth-order valence-corrected chi connectivity index (χ4v) is 3.46. The van der Waals surface area contributed by atoms with Crippen LogP contribution in [0.3, 0.4) is 0 Å². The molecule has 8 heteroatoms. The number of ether oxygens (including phenoxy) is 5. The highest BCUT2D eigenvalue weighted by atomic mass is 16.5. The molecule has 0 aliphatic rings. The number of rotatable bonds is 10. The summed E-state index contributed by atoms with van der Waals surface area (Å²) >= 11 is 0. The second-order valence-electron chi connectivity index (χ2n) is 7.05. The van der Waals surface area contributed by atoms with Gasteiger partial charge in [0.2, 0.25) is 16.9 Å². The van der Waals surface area contributed by atoms with E-state index in [4.69, 9.17) is 28.1 Å². The molecule has 0 atom stereocenters. The third-order valence-electron chi connectivity index (χ3n) is 5.08. The average molecular weight is 444 g/mol. The van der Waals surface area contributed by atoms with Gasteiger partial charge >= 0.3 is 0 Å². The maximum Gasteiger partial charge on any atom is 0.239 e. The van der Waals surface area contributed by atoms with E-state index in [1.54, 1.807) is 18.2 Å². The summed E-state index contributed by atoms with van der Waals surface area (Å²) in [5.41, 5.74) is 0.222. The predicted molar refractivity (Wildman–Crippen MR) is 121 cm³/mol. The first-order valence-corrected chi connectivity index (χ1v) is 10.3. The van der Waals surface area contributed by atoms with Gasteiger partial charge in [-0.3, -0.25) is 4.79 Å². The van der Waals surface area contributed by atoms with Gasteiger partial charge in [0, 0.05) is 11.6 Å². The molecule has 0 radical (unpaired) electrons. The molecule has 0 saturated heterocycles. The third-order valence-corrected chi connectivity index (χ3v) is 5.08. The lowest BCUT2D eigenvalue weighted by Crippen LogP contribution is -2.10. The van der Waals surface area contributed by atoms with Crippen LogP contribution < -0.4 is 29.1 Å². The van der Waals surface area contributed by atoms with Gasteiger partial charge in [0.25, 0.3) is 0 Å². The van der Waals surface area contributed by atoms with Crippen molar-refractivity contribution in [1.82, 2.24) is 0 Å². The van der Waals surface area contributed by atoms with E-state index < -0.39 is 5.43 Å². The Morgan fingerprint density at radius 1 is 0.875 bits per heavy atom. The lowest BCUT2D eigenvalue weighted by Gasteiger charge is -2.17. The third kappa shape index (κ3) is 4.26. The molecule has 0 aliphatic heterocycles. The lowest BCUT2D eigenvalue weighted by molar-refractivity contribution is 0.283. The van der Waals surface area contributed by atoms with E-state index in [-0.39, 0.29) is 45.5 Å². The van der Waals surface area contributed by atoms with Crippen LogP contribution in [0, 0.1) is 0 Å². The first-order valence-electron chi connectivity index (χ1n) is 10.3. The fourth-order valence-electron chi connectivity index (χ4n) is 3.46. The molecule has 0 bridgehead atoms. The van der Waals surface area contributed by atoms with Crippen molar-refractivity contribution in [3.63, 3.8) is 0 Å². The van der Waals surface area contributed by atoms with Crippen LogP contribution in [0.4, 0.5) is 0 Å². The summed E-state index contributed by atoms with van der Waals surface area (Å²) in [6.07, 6.45) is 2.98. The second kappa shape index (κ2) is 10.2. The second-order valence-corrected chi connectivity index (χ2v) is 7.05. The molecule has 3 rings (SSSR count). The van der Waals surface area contributed by atoms with Gasteiger partial charge in [-0.15, -0.1) is 0 Å². The predicted octanol–water partition coefficient (Wildman–Crippen LogP) is 4.77. The quantitative estimate of drug-likeness (QED) is 0.447. The molecule has 1 heterocycles. The number of aromatic hydroxyl groups is 1. The highest BCUT2D eigenvalue weighted by Crippen LogP contribution is 2.44. The number of hydrogen-bond donors (Lipinski definition) is 1. The lowest BCUT2D eigenvalue weighted by atomic mass is 10.1. The maximum absolute atomic E-state index is 13.4. The fraction of sp³-hybridized carbons (Fsp3) is 0.375. The Morgan fingerprint density at radius 3 is 2.22 bits per heavy atom. The van der Waals surface area contributed by atoms with Crippen LogP contribution in [-0.2, 0) is 0 Å². The van der Waals surface area contributed by atoms with Crippen LogP contribution in [0.1, 0.15) is 26.2 Å². The minimum Gasteiger partial charge on any atom is -0.504 e. The Kier molecular flexibility index (Phi) is 7.35. The van der Waals surface area contributed by atoms with Crippen molar-refractivity contribution >= 4 is 11.0 Å². The van der Waals surface area contributed by atoms with E-state index in [9.17, 15) is 9.90 Å². The Labute approximate surface area is 186 Å².